The van der Waals surface area contributed by atoms with Gasteiger partial charge in [0.05, 0.1) is 5.56 Å². The molecular formula is C14H19N5OS. The van der Waals surface area contributed by atoms with E-state index in [1.807, 2.05) is 26.0 Å². The number of likely N-dealkylation sites (N-methyl/N-ethyl adjacent to an activating group) is 1. The fourth-order valence-electron chi connectivity index (χ4n) is 1.94. The first-order chi connectivity index (χ1) is 10.0. The molecule has 3 N–H and O–H groups in total. The van der Waals surface area contributed by atoms with Crippen LogP contribution in [0.1, 0.15) is 13.8 Å². The minimum Gasteiger partial charge on any atom is -0.382 e. The summed E-state index contributed by atoms with van der Waals surface area (Å²) in [7, 11) is 1.78. The molecule has 112 valence electrons. The molecule has 6 nitrogen and oxygen atoms in total. The summed E-state index contributed by atoms with van der Waals surface area (Å²) in [5, 5.41) is 3.99. The molecule has 0 spiro atoms. The summed E-state index contributed by atoms with van der Waals surface area (Å²) in [6.45, 7) is 4.44. The predicted octanol–water partition coefficient (Wildman–Crippen LogP) is 2.07. The molecule has 0 saturated heterocycles. The molecule has 1 atom stereocenters. The van der Waals surface area contributed by atoms with Crippen molar-refractivity contribution in [1.29, 1.82) is 0 Å². The van der Waals surface area contributed by atoms with Crippen molar-refractivity contribution in [2.75, 3.05) is 24.6 Å². The van der Waals surface area contributed by atoms with Crippen molar-refractivity contribution in [3.63, 3.8) is 0 Å². The minimum absolute atomic E-state index is 0.0293. The molecule has 2 aromatic rings. The Morgan fingerprint density at radius 1 is 1.57 bits per heavy atom. The Balaban J connectivity index is 2.24. The Bertz CT molecular complexity index is 613. The zero-order chi connectivity index (χ0) is 15.4. The molecule has 21 heavy (non-hydrogen) atoms. The van der Waals surface area contributed by atoms with Crippen LogP contribution in [0.25, 0.3) is 11.1 Å². The molecule has 0 aliphatic heterocycles. The van der Waals surface area contributed by atoms with E-state index in [-0.39, 0.29) is 11.9 Å². The highest BCUT2D eigenvalue weighted by atomic mass is 32.1. The number of rotatable bonds is 5. The van der Waals surface area contributed by atoms with Crippen LogP contribution in [0.2, 0.25) is 0 Å². The molecule has 1 unspecified atom stereocenters. The third kappa shape index (κ3) is 3.30. The van der Waals surface area contributed by atoms with Gasteiger partial charge in [0.1, 0.15) is 16.9 Å². The second kappa shape index (κ2) is 6.53. The number of carbonyl (C=O) groups excluding carboxylic acids is 1. The molecule has 0 aliphatic rings. The number of nitrogen functional groups attached to an aromatic ring is 1. The molecule has 0 fully saturated rings. The van der Waals surface area contributed by atoms with E-state index in [0.29, 0.717) is 12.4 Å². The van der Waals surface area contributed by atoms with Crippen LogP contribution in [0.5, 0.6) is 0 Å². The molecule has 0 radical (unpaired) electrons. The van der Waals surface area contributed by atoms with E-state index in [9.17, 15) is 4.79 Å². The number of nitrogens with two attached hydrogens (primary N) is 1. The number of nitrogens with one attached hydrogen (secondary N) is 1. The number of hydrogen-bond acceptors (Lipinski definition) is 6. The lowest BCUT2D eigenvalue weighted by molar-refractivity contribution is -0.130. The van der Waals surface area contributed by atoms with E-state index in [1.54, 1.807) is 24.3 Å². The van der Waals surface area contributed by atoms with Crippen LogP contribution in [-0.2, 0) is 4.79 Å². The van der Waals surface area contributed by atoms with E-state index in [2.05, 4.69) is 14.7 Å². The number of anilines is 2. The van der Waals surface area contributed by atoms with Crippen molar-refractivity contribution in [2.24, 2.45) is 0 Å². The van der Waals surface area contributed by atoms with E-state index in [0.717, 1.165) is 16.1 Å². The monoisotopic (exact) mass is 305 g/mol. The topological polar surface area (TPSA) is 84.1 Å². The Hall–Kier alpha value is -2.15. The first-order valence-electron chi connectivity index (χ1n) is 6.71. The first kappa shape index (κ1) is 15.2. The van der Waals surface area contributed by atoms with Crippen molar-refractivity contribution in [3.8, 4) is 11.1 Å². The zero-order valence-electron chi connectivity index (χ0n) is 12.3. The Kier molecular flexibility index (Phi) is 4.74. The molecule has 2 aromatic heterocycles. The number of amides is 1. The average Bonchev–Trinajstić information content (AvgIpc) is 2.87. The predicted molar refractivity (Wildman–Crippen MR) is 86.2 cm³/mol. The molecule has 2 rings (SSSR count). The highest BCUT2D eigenvalue weighted by Crippen LogP contribution is 2.36. The van der Waals surface area contributed by atoms with Gasteiger partial charge >= 0.3 is 0 Å². The number of pyridine rings is 1. The number of carbonyl (C=O) groups is 1. The van der Waals surface area contributed by atoms with Crippen molar-refractivity contribution in [2.45, 2.75) is 19.9 Å². The third-order valence-electron chi connectivity index (χ3n) is 3.24. The summed E-state index contributed by atoms with van der Waals surface area (Å²) < 4.78 is 4.17. The maximum absolute atomic E-state index is 12.1. The largest absolute Gasteiger partial charge is 0.382 e. The summed E-state index contributed by atoms with van der Waals surface area (Å²) in [5.41, 5.74) is 7.63. The van der Waals surface area contributed by atoms with Crippen LogP contribution >= 0.6 is 11.5 Å². The molecule has 0 bridgehead atoms. The third-order valence-corrected chi connectivity index (χ3v) is 4.03. The fraction of sp³-hybridized carbons (Fsp3) is 0.357. The summed E-state index contributed by atoms with van der Waals surface area (Å²) in [4.78, 5) is 17.9. The normalized spacial score (nSPS) is 12.0. The lowest BCUT2D eigenvalue weighted by atomic mass is 10.1. The van der Waals surface area contributed by atoms with Crippen molar-refractivity contribution >= 4 is 28.3 Å². The second-order valence-corrected chi connectivity index (χ2v) is 5.51. The van der Waals surface area contributed by atoms with E-state index < -0.39 is 0 Å². The molecule has 2 heterocycles. The van der Waals surface area contributed by atoms with Crippen LogP contribution in [0.15, 0.2) is 24.5 Å². The molecule has 0 aliphatic carbocycles. The van der Waals surface area contributed by atoms with Gasteiger partial charge in [-0.1, -0.05) is 6.07 Å². The Morgan fingerprint density at radius 2 is 2.33 bits per heavy atom. The number of hydrogen-bond donors (Lipinski definition) is 2. The first-order valence-corrected chi connectivity index (χ1v) is 7.49. The smallest absolute Gasteiger partial charge is 0.244 e. The fourth-order valence-corrected chi connectivity index (χ4v) is 2.76. The highest BCUT2D eigenvalue weighted by molar-refractivity contribution is 7.11. The van der Waals surface area contributed by atoms with Crippen LogP contribution < -0.4 is 11.1 Å². The van der Waals surface area contributed by atoms with Gasteiger partial charge in [0, 0.05) is 31.5 Å². The maximum atomic E-state index is 12.1. The average molecular weight is 305 g/mol. The van der Waals surface area contributed by atoms with Crippen molar-refractivity contribution in [1.82, 2.24) is 14.3 Å². The zero-order valence-corrected chi connectivity index (χ0v) is 13.1. The van der Waals surface area contributed by atoms with Crippen molar-refractivity contribution in [3.05, 3.63) is 24.5 Å². The van der Waals surface area contributed by atoms with Crippen molar-refractivity contribution < 1.29 is 4.79 Å². The molecular weight excluding hydrogens is 286 g/mol. The standard InChI is InChI=1S/C14H19N5OS/c1-4-19(3)14(20)9(2)17-13-11(12(15)18-21-13)10-6-5-7-16-8-10/h5-9,17H,4H2,1-3H3,(H2,15,18). The van der Waals surface area contributed by atoms with Gasteiger partial charge < -0.3 is 16.0 Å². The summed E-state index contributed by atoms with van der Waals surface area (Å²) in [5.74, 6) is 0.473. The van der Waals surface area contributed by atoms with Gasteiger partial charge in [-0.05, 0) is 31.4 Å². The Labute approximate surface area is 128 Å². The maximum Gasteiger partial charge on any atom is 0.244 e. The van der Waals surface area contributed by atoms with E-state index >= 15 is 0 Å². The van der Waals surface area contributed by atoms with Gasteiger partial charge in [0.2, 0.25) is 5.91 Å². The van der Waals surface area contributed by atoms with E-state index in [4.69, 9.17) is 5.73 Å². The lowest BCUT2D eigenvalue weighted by Gasteiger charge is -2.21. The molecule has 7 heteroatoms. The van der Waals surface area contributed by atoms with Crippen LogP contribution in [-0.4, -0.2) is 39.8 Å². The molecule has 0 aromatic carbocycles. The highest BCUT2D eigenvalue weighted by Gasteiger charge is 2.20. The molecule has 1 amide bonds. The van der Waals surface area contributed by atoms with Gasteiger partial charge in [-0.3, -0.25) is 9.78 Å². The summed E-state index contributed by atoms with van der Waals surface area (Å²) in [6, 6.07) is 3.42. The SMILES string of the molecule is CCN(C)C(=O)C(C)Nc1snc(N)c1-c1cccnc1. The van der Waals surface area contributed by atoms with Crippen LogP contribution in [0.3, 0.4) is 0 Å². The number of aromatic nitrogens is 2. The minimum atomic E-state index is -0.342. The van der Waals surface area contributed by atoms with Crippen LogP contribution in [0, 0.1) is 0 Å². The lowest BCUT2D eigenvalue weighted by Crippen LogP contribution is -2.38. The molecule has 0 saturated carbocycles. The van der Waals surface area contributed by atoms with Gasteiger partial charge in [-0.2, -0.15) is 4.37 Å². The summed E-state index contributed by atoms with van der Waals surface area (Å²) >= 11 is 1.25. The number of nitrogens with zero attached hydrogens (tertiary/aromatic N) is 3. The van der Waals surface area contributed by atoms with Gasteiger partial charge in [-0.15, -0.1) is 0 Å². The quantitative estimate of drug-likeness (QED) is 0.883. The van der Waals surface area contributed by atoms with Crippen LogP contribution in [0.4, 0.5) is 10.8 Å². The van der Waals surface area contributed by atoms with E-state index in [1.165, 1.54) is 11.5 Å². The van der Waals surface area contributed by atoms with Gasteiger partial charge in [0.15, 0.2) is 0 Å². The Morgan fingerprint density at radius 3 is 2.95 bits per heavy atom. The second-order valence-electron chi connectivity index (χ2n) is 4.73. The van der Waals surface area contributed by atoms with Gasteiger partial charge in [-0.25, -0.2) is 0 Å². The summed E-state index contributed by atoms with van der Waals surface area (Å²) in [6.07, 6.45) is 3.44. The van der Waals surface area contributed by atoms with Gasteiger partial charge in [0.25, 0.3) is 0 Å².